The Balaban J connectivity index is 1.39. The number of carbonyl (C=O) groups excluding carboxylic acids is 1. The van der Waals surface area contributed by atoms with Gasteiger partial charge in [0.2, 0.25) is 5.88 Å². The van der Waals surface area contributed by atoms with Crippen LogP contribution in [0.3, 0.4) is 0 Å². The average Bonchev–Trinajstić information content (AvgIpc) is 3.14. The Kier molecular flexibility index (Phi) is 5.83. The van der Waals surface area contributed by atoms with Crippen LogP contribution in [0.1, 0.15) is 21.7 Å². The molecule has 8 nitrogen and oxygen atoms in total. The van der Waals surface area contributed by atoms with E-state index in [1.54, 1.807) is 12.1 Å². The van der Waals surface area contributed by atoms with Crippen LogP contribution in [0.4, 0.5) is 0 Å². The summed E-state index contributed by atoms with van der Waals surface area (Å²) in [6.45, 7) is 4.68. The van der Waals surface area contributed by atoms with E-state index in [0.29, 0.717) is 43.5 Å². The number of benzene rings is 1. The summed E-state index contributed by atoms with van der Waals surface area (Å²) >= 11 is 0. The number of carbonyl (C=O) groups is 1. The van der Waals surface area contributed by atoms with Crippen molar-refractivity contribution in [2.75, 3.05) is 26.3 Å². The van der Waals surface area contributed by atoms with Gasteiger partial charge in [0.05, 0.1) is 24.3 Å². The van der Waals surface area contributed by atoms with Gasteiger partial charge in [-0.15, -0.1) is 0 Å². The van der Waals surface area contributed by atoms with Gasteiger partial charge >= 0.3 is 0 Å². The molecule has 0 atom stereocenters. The molecule has 0 unspecified atom stereocenters. The van der Waals surface area contributed by atoms with Gasteiger partial charge in [0.15, 0.2) is 0 Å². The number of pyridine rings is 1. The first kappa shape index (κ1) is 19.1. The lowest BCUT2D eigenvalue weighted by Gasteiger charge is -2.26. The SMILES string of the molecule is Cc1onc(-c2ccccc2)c1COc1ccc(C(=O)NN2CCOCC2)cn1. The summed E-state index contributed by atoms with van der Waals surface area (Å²) in [4.78, 5) is 16.6. The third kappa shape index (κ3) is 4.61. The molecule has 0 radical (unpaired) electrons. The Hall–Kier alpha value is -3.23. The molecule has 29 heavy (non-hydrogen) atoms. The summed E-state index contributed by atoms with van der Waals surface area (Å²) in [5, 5.41) is 5.99. The minimum Gasteiger partial charge on any atom is -0.473 e. The minimum absolute atomic E-state index is 0.202. The molecule has 1 aromatic carbocycles. The molecule has 4 rings (SSSR count). The van der Waals surface area contributed by atoms with Gasteiger partial charge in [-0.3, -0.25) is 10.2 Å². The van der Waals surface area contributed by atoms with Crippen molar-refractivity contribution in [3.63, 3.8) is 0 Å². The number of ether oxygens (including phenoxy) is 2. The van der Waals surface area contributed by atoms with Crippen LogP contribution in [0.25, 0.3) is 11.3 Å². The Morgan fingerprint density at radius 1 is 1.17 bits per heavy atom. The molecule has 1 N–H and O–H groups in total. The number of hydrazine groups is 1. The molecule has 1 aliphatic heterocycles. The molecule has 150 valence electrons. The number of aromatic nitrogens is 2. The summed E-state index contributed by atoms with van der Waals surface area (Å²) in [6.07, 6.45) is 1.50. The zero-order valence-corrected chi connectivity index (χ0v) is 16.1. The van der Waals surface area contributed by atoms with E-state index in [4.69, 9.17) is 14.0 Å². The van der Waals surface area contributed by atoms with E-state index in [-0.39, 0.29) is 12.5 Å². The minimum atomic E-state index is -0.202. The molecule has 1 fully saturated rings. The van der Waals surface area contributed by atoms with E-state index < -0.39 is 0 Å². The molecular weight excluding hydrogens is 372 g/mol. The van der Waals surface area contributed by atoms with E-state index in [9.17, 15) is 4.79 Å². The van der Waals surface area contributed by atoms with E-state index in [2.05, 4.69) is 15.6 Å². The fourth-order valence-electron chi connectivity index (χ4n) is 3.01. The van der Waals surface area contributed by atoms with E-state index in [1.807, 2.05) is 42.3 Å². The molecule has 0 bridgehead atoms. The van der Waals surface area contributed by atoms with Crippen LogP contribution in [0.5, 0.6) is 5.88 Å². The molecule has 1 saturated heterocycles. The summed E-state index contributed by atoms with van der Waals surface area (Å²) in [6, 6.07) is 13.2. The standard InChI is InChI=1S/C21H22N4O4/c1-15-18(20(24-29-15)16-5-3-2-4-6-16)14-28-19-8-7-17(13-22-19)21(26)23-25-9-11-27-12-10-25/h2-8,13H,9-12,14H2,1H3,(H,23,26). The summed E-state index contributed by atoms with van der Waals surface area (Å²) in [5.41, 5.74) is 5.91. The predicted octanol–water partition coefficient (Wildman–Crippen LogP) is 2.60. The van der Waals surface area contributed by atoms with Crippen molar-refractivity contribution in [3.8, 4) is 17.1 Å². The number of hydrogen-bond acceptors (Lipinski definition) is 7. The van der Waals surface area contributed by atoms with Gasteiger partial charge in [0.25, 0.3) is 5.91 Å². The van der Waals surface area contributed by atoms with Crippen LogP contribution < -0.4 is 10.2 Å². The third-order valence-electron chi connectivity index (χ3n) is 4.67. The second-order valence-electron chi connectivity index (χ2n) is 6.65. The Morgan fingerprint density at radius 3 is 2.69 bits per heavy atom. The van der Waals surface area contributed by atoms with Crippen LogP contribution in [0.2, 0.25) is 0 Å². The topological polar surface area (TPSA) is 89.7 Å². The molecule has 1 amide bonds. The summed E-state index contributed by atoms with van der Waals surface area (Å²) in [7, 11) is 0. The highest BCUT2D eigenvalue weighted by Crippen LogP contribution is 2.26. The van der Waals surface area contributed by atoms with Crippen molar-refractivity contribution in [2.45, 2.75) is 13.5 Å². The molecular formula is C21H22N4O4. The molecule has 0 saturated carbocycles. The number of hydrogen-bond donors (Lipinski definition) is 1. The number of nitrogens with one attached hydrogen (secondary N) is 1. The quantitative estimate of drug-likeness (QED) is 0.687. The van der Waals surface area contributed by atoms with Gasteiger partial charge in [0.1, 0.15) is 18.1 Å². The first-order valence-corrected chi connectivity index (χ1v) is 9.44. The first-order chi connectivity index (χ1) is 14.2. The second-order valence-corrected chi connectivity index (χ2v) is 6.65. The van der Waals surface area contributed by atoms with Gasteiger partial charge in [-0.25, -0.2) is 9.99 Å². The zero-order chi connectivity index (χ0) is 20.1. The lowest BCUT2D eigenvalue weighted by Crippen LogP contribution is -2.48. The third-order valence-corrected chi connectivity index (χ3v) is 4.67. The Bertz CT molecular complexity index is 951. The highest BCUT2D eigenvalue weighted by molar-refractivity contribution is 5.93. The van der Waals surface area contributed by atoms with Gasteiger partial charge in [0, 0.05) is 30.9 Å². The summed E-state index contributed by atoms with van der Waals surface area (Å²) in [5.74, 6) is 0.921. The number of amides is 1. The van der Waals surface area contributed by atoms with Gasteiger partial charge < -0.3 is 14.0 Å². The predicted molar refractivity (Wildman–Crippen MR) is 105 cm³/mol. The average molecular weight is 394 g/mol. The molecule has 0 aliphatic carbocycles. The van der Waals surface area contributed by atoms with Crippen LogP contribution in [0.15, 0.2) is 53.2 Å². The van der Waals surface area contributed by atoms with Crippen molar-refractivity contribution >= 4 is 5.91 Å². The lowest BCUT2D eigenvalue weighted by atomic mass is 10.1. The number of rotatable bonds is 6. The number of nitrogens with zero attached hydrogens (tertiary/aromatic N) is 3. The van der Waals surface area contributed by atoms with Crippen LogP contribution in [0, 0.1) is 6.92 Å². The summed E-state index contributed by atoms with van der Waals surface area (Å²) < 4.78 is 16.4. The molecule has 1 aliphatic rings. The fraction of sp³-hybridized carbons (Fsp3) is 0.286. The normalized spacial score (nSPS) is 14.5. The smallest absolute Gasteiger partial charge is 0.267 e. The van der Waals surface area contributed by atoms with Gasteiger partial charge in [-0.1, -0.05) is 35.5 Å². The Morgan fingerprint density at radius 2 is 1.97 bits per heavy atom. The fourth-order valence-corrected chi connectivity index (χ4v) is 3.01. The van der Waals surface area contributed by atoms with E-state index >= 15 is 0 Å². The second kappa shape index (κ2) is 8.85. The van der Waals surface area contributed by atoms with Crippen molar-refractivity contribution in [3.05, 3.63) is 65.5 Å². The van der Waals surface area contributed by atoms with Crippen LogP contribution >= 0.6 is 0 Å². The van der Waals surface area contributed by atoms with Gasteiger partial charge in [-0.05, 0) is 13.0 Å². The molecule has 3 heterocycles. The number of aryl methyl sites for hydroxylation is 1. The van der Waals surface area contributed by atoms with E-state index in [0.717, 1.165) is 16.8 Å². The van der Waals surface area contributed by atoms with E-state index in [1.165, 1.54) is 6.20 Å². The van der Waals surface area contributed by atoms with Crippen molar-refractivity contribution in [1.82, 2.24) is 20.6 Å². The highest BCUT2D eigenvalue weighted by atomic mass is 16.5. The zero-order valence-electron chi connectivity index (χ0n) is 16.1. The van der Waals surface area contributed by atoms with Crippen molar-refractivity contribution in [2.24, 2.45) is 0 Å². The first-order valence-electron chi connectivity index (χ1n) is 9.44. The number of morpholine rings is 1. The maximum absolute atomic E-state index is 12.3. The molecule has 3 aromatic rings. The lowest BCUT2D eigenvalue weighted by molar-refractivity contribution is 0.0126. The van der Waals surface area contributed by atoms with Crippen LogP contribution in [-0.2, 0) is 11.3 Å². The van der Waals surface area contributed by atoms with Gasteiger partial charge in [-0.2, -0.15) is 0 Å². The molecule has 0 spiro atoms. The largest absolute Gasteiger partial charge is 0.473 e. The van der Waals surface area contributed by atoms with Crippen LogP contribution in [-0.4, -0.2) is 47.4 Å². The molecule has 2 aromatic heterocycles. The van der Waals surface area contributed by atoms with Crippen molar-refractivity contribution < 1.29 is 18.8 Å². The monoisotopic (exact) mass is 394 g/mol. The van der Waals surface area contributed by atoms with Crippen molar-refractivity contribution in [1.29, 1.82) is 0 Å². The highest BCUT2D eigenvalue weighted by Gasteiger charge is 2.17. The molecule has 8 heteroatoms. The maximum Gasteiger partial charge on any atom is 0.267 e. The Labute approximate surface area is 168 Å². The maximum atomic E-state index is 12.3.